The molecular weight excluding hydrogens is 228 g/mol. The second-order valence-corrected chi connectivity index (χ2v) is 7.07. The third-order valence-electron chi connectivity index (χ3n) is 4.11. The monoisotopic (exact) mass is 256 g/mol. The number of hydrogen-bond acceptors (Lipinski definition) is 2. The van der Waals surface area contributed by atoms with Crippen LogP contribution in [-0.2, 0) is 0 Å². The molecule has 1 saturated heterocycles. The van der Waals surface area contributed by atoms with E-state index in [1.54, 1.807) is 0 Å². The highest BCUT2D eigenvalue weighted by molar-refractivity contribution is 7.80. The number of hydrogen-bond donors (Lipinski definition) is 1. The molecule has 0 bridgehead atoms. The van der Waals surface area contributed by atoms with Gasteiger partial charge in [0, 0.05) is 12.5 Å². The predicted molar refractivity (Wildman–Crippen MR) is 79.2 cm³/mol. The lowest BCUT2D eigenvalue weighted by Gasteiger charge is -2.31. The molecule has 0 spiro atoms. The minimum absolute atomic E-state index is 0.447. The molecule has 1 aliphatic rings. The van der Waals surface area contributed by atoms with Gasteiger partial charge in [-0.3, -0.25) is 0 Å². The highest BCUT2D eigenvalue weighted by Crippen LogP contribution is 2.34. The topological polar surface area (TPSA) is 29.3 Å². The smallest absolute Gasteiger partial charge is 0.0742 e. The molecule has 0 aromatic heterocycles. The molecule has 0 aromatic rings. The van der Waals surface area contributed by atoms with E-state index < -0.39 is 0 Å². The van der Waals surface area contributed by atoms with Gasteiger partial charge >= 0.3 is 0 Å². The van der Waals surface area contributed by atoms with Gasteiger partial charge in [-0.15, -0.1) is 0 Å². The summed E-state index contributed by atoms with van der Waals surface area (Å²) in [7, 11) is 0. The van der Waals surface area contributed by atoms with Crippen LogP contribution in [0.25, 0.3) is 0 Å². The van der Waals surface area contributed by atoms with Crippen molar-refractivity contribution in [2.45, 2.75) is 59.4 Å². The number of likely N-dealkylation sites (tertiary alicyclic amines) is 1. The summed E-state index contributed by atoms with van der Waals surface area (Å²) in [6.45, 7) is 11.8. The summed E-state index contributed by atoms with van der Waals surface area (Å²) in [6, 6.07) is 0.506. The zero-order valence-electron chi connectivity index (χ0n) is 11.8. The van der Waals surface area contributed by atoms with Crippen molar-refractivity contribution in [3.05, 3.63) is 0 Å². The molecule has 17 heavy (non-hydrogen) atoms. The average molecular weight is 256 g/mol. The van der Waals surface area contributed by atoms with Gasteiger partial charge in [-0.05, 0) is 50.6 Å². The van der Waals surface area contributed by atoms with Crippen molar-refractivity contribution in [3.63, 3.8) is 0 Å². The Morgan fingerprint density at radius 3 is 2.53 bits per heavy atom. The number of rotatable bonds is 3. The van der Waals surface area contributed by atoms with Crippen molar-refractivity contribution in [2.24, 2.45) is 17.1 Å². The highest BCUT2D eigenvalue weighted by Gasteiger charge is 2.28. The fraction of sp³-hybridized carbons (Fsp3) is 0.929. The summed E-state index contributed by atoms with van der Waals surface area (Å²) in [5, 5.41) is 0. The van der Waals surface area contributed by atoms with Crippen LogP contribution in [0.3, 0.4) is 0 Å². The summed E-state index contributed by atoms with van der Waals surface area (Å²) in [4.78, 5) is 3.21. The van der Waals surface area contributed by atoms with Crippen LogP contribution in [0, 0.1) is 11.3 Å². The van der Waals surface area contributed by atoms with Crippen LogP contribution in [0.4, 0.5) is 0 Å². The minimum Gasteiger partial charge on any atom is -0.393 e. The number of nitrogens with two attached hydrogens (primary N) is 1. The van der Waals surface area contributed by atoms with Gasteiger partial charge in [-0.1, -0.05) is 33.0 Å². The Morgan fingerprint density at radius 1 is 1.35 bits per heavy atom. The van der Waals surface area contributed by atoms with Gasteiger partial charge in [0.2, 0.25) is 0 Å². The molecule has 0 amide bonds. The Bertz CT molecular complexity index is 257. The first kappa shape index (κ1) is 14.9. The van der Waals surface area contributed by atoms with Gasteiger partial charge in [0.25, 0.3) is 0 Å². The fourth-order valence-electron chi connectivity index (χ4n) is 2.85. The van der Waals surface area contributed by atoms with Crippen molar-refractivity contribution in [2.75, 3.05) is 13.1 Å². The molecule has 2 nitrogen and oxygen atoms in total. The molecule has 1 heterocycles. The van der Waals surface area contributed by atoms with E-state index in [0.717, 1.165) is 12.3 Å². The SMILES string of the molecule is CC(CC(N)=S)N1CCCC(C(C)(C)C)CC1. The second-order valence-electron chi connectivity index (χ2n) is 6.55. The van der Waals surface area contributed by atoms with Gasteiger partial charge < -0.3 is 10.6 Å². The molecule has 100 valence electrons. The lowest BCUT2D eigenvalue weighted by molar-refractivity contribution is 0.191. The molecule has 1 aliphatic heterocycles. The van der Waals surface area contributed by atoms with E-state index in [9.17, 15) is 0 Å². The van der Waals surface area contributed by atoms with Crippen molar-refractivity contribution < 1.29 is 0 Å². The molecule has 2 unspecified atom stereocenters. The van der Waals surface area contributed by atoms with E-state index in [-0.39, 0.29) is 0 Å². The van der Waals surface area contributed by atoms with Gasteiger partial charge in [-0.25, -0.2) is 0 Å². The van der Waals surface area contributed by atoms with Crippen molar-refractivity contribution in [1.82, 2.24) is 4.90 Å². The Morgan fingerprint density at radius 2 is 2.00 bits per heavy atom. The zero-order chi connectivity index (χ0) is 13.1. The van der Waals surface area contributed by atoms with Crippen molar-refractivity contribution in [3.8, 4) is 0 Å². The van der Waals surface area contributed by atoms with Gasteiger partial charge in [0.1, 0.15) is 0 Å². The molecule has 0 aliphatic carbocycles. The Kier molecular flexibility index (Phi) is 5.39. The summed E-state index contributed by atoms with van der Waals surface area (Å²) in [5.74, 6) is 0.851. The van der Waals surface area contributed by atoms with E-state index in [0.29, 0.717) is 16.4 Å². The lowest BCUT2D eigenvalue weighted by atomic mass is 9.77. The molecule has 0 radical (unpaired) electrons. The summed E-state index contributed by atoms with van der Waals surface area (Å²) in [6.07, 6.45) is 4.84. The van der Waals surface area contributed by atoms with Crippen LogP contribution in [0.2, 0.25) is 0 Å². The second kappa shape index (κ2) is 6.14. The first-order chi connectivity index (χ1) is 7.80. The summed E-state index contributed by atoms with van der Waals surface area (Å²) < 4.78 is 0. The lowest BCUT2D eigenvalue weighted by Crippen LogP contribution is -2.36. The van der Waals surface area contributed by atoms with Crippen molar-refractivity contribution >= 4 is 17.2 Å². The molecular formula is C14H28N2S. The van der Waals surface area contributed by atoms with Gasteiger partial charge in [0.15, 0.2) is 0 Å². The third-order valence-corrected chi connectivity index (χ3v) is 4.27. The first-order valence-corrected chi connectivity index (χ1v) is 7.24. The molecule has 3 heteroatoms. The van der Waals surface area contributed by atoms with Crippen LogP contribution in [0.5, 0.6) is 0 Å². The van der Waals surface area contributed by atoms with E-state index in [4.69, 9.17) is 18.0 Å². The van der Waals surface area contributed by atoms with Crippen LogP contribution in [0.15, 0.2) is 0 Å². The van der Waals surface area contributed by atoms with Crippen LogP contribution >= 0.6 is 12.2 Å². The molecule has 2 atom stereocenters. The Balaban J connectivity index is 2.50. The quantitative estimate of drug-likeness (QED) is 0.786. The third kappa shape index (κ3) is 4.92. The standard InChI is InChI=1S/C14H28N2S/c1-11(10-13(15)17)16-8-5-6-12(7-9-16)14(2,3)4/h11-12H,5-10H2,1-4H3,(H2,15,17). The highest BCUT2D eigenvalue weighted by atomic mass is 32.1. The van der Waals surface area contributed by atoms with E-state index in [2.05, 4.69) is 32.6 Å². The fourth-order valence-corrected chi connectivity index (χ4v) is 3.09. The normalized spacial score (nSPS) is 25.3. The molecule has 1 rings (SSSR count). The first-order valence-electron chi connectivity index (χ1n) is 6.83. The number of thiocarbonyl (C=S) groups is 1. The van der Waals surface area contributed by atoms with Gasteiger partial charge in [0.05, 0.1) is 4.99 Å². The Hall–Kier alpha value is -0.150. The molecule has 1 fully saturated rings. The van der Waals surface area contributed by atoms with Crippen LogP contribution in [0.1, 0.15) is 53.4 Å². The largest absolute Gasteiger partial charge is 0.393 e. The maximum atomic E-state index is 5.64. The summed E-state index contributed by atoms with van der Waals surface area (Å²) >= 11 is 5.01. The van der Waals surface area contributed by atoms with Crippen molar-refractivity contribution in [1.29, 1.82) is 0 Å². The van der Waals surface area contributed by atoms with Gasteiger partial charge in [-0.2, -0.15) is 0 Å². The maximum absolute atomic E-state index is 5.64. The van der Waals surface area contributed by atoms with E-state index in [1.807, 2.05) is 0 Å². The molecule has 0 saturated carbocycles. The van der Waals surface area contributed by atoms with Crippen LogP contribution in [-0.4, -0.2) is 29.0 Å². The Labute approximate surface area is 112 Å². The molecule has 0 aromatic carbocycles. The molecule has 2 N–H and O–H groups in total. The van der Waals surface area contributed by atoms with E-state index in [1.165, 1.54) is 32.4 Å². The summed E-state index contributed by atoms with van der Waals surface area (Å²) in [5.41, 5.74) is 6.09. The zero-order valence-corrected chi connectivity index (χ0v) is 12.6. The van der Waals surface area contributed by atoms with Crippen LogP contribution < -0.4 is 5.73 Å². The minimum atomic E-state index is 0.447. The van der Waals surface area contributed by atoms with E-state index >= 15 is 0 Å². The maximum Gasteiger partial charge on any atom is 0.0742 e. The number of nitrogens with zero attached hydrogens (tertiary/aromatic N) is 1. The predicted octanol–water partition coefficient (Wildman–Crippen LogP) is 3.20. The average Bonchev–Trinajstić information content (AvgIpc) is 2.40.